The van der Waals surface area contributed by atoms with Crippen molar-refractivity contribution in [2.75, 3.05) is 6.54 Å². The van der Waals surface area contributed by atoms with Gasteiger partial charge in [-0.05, 0) is 34.1 Å². The molecule has 2 heterocycles. The van der Waals surface area contributed by atoms with Gasteiger partial charge in [0.05, 0.1) is 12.1 Å². The highest BCUT2D eigenvalue weighted by Gasteiger charge is 2.04. The Morgan fingerprint density at radius 2 is 2.35 bits per heavy atom. The summed E-state index contributed by atoms with van der Waals surface area (Å²) in [6.45, 7) is 1.19. The van der Waals surface area contributed by atoms with Crippen LogP contribution in [-0.2, 0) is 6.54 Å². The lowest BCUT2D eigenvalue weighted by Crippen LogP contribution is -2.27. The largest absolute Gasteiger partial charge is 0.350 e. The van der Waals surface area contributed by atoms with Crippen molar-refractivity contribution >= 4 is 21.8 Å². The van der Waals surface area contributed by atoms with E-state index in [1.807, 2.05) is 12.3 Å². The summed E-state index contributed by atoms with van der Waals surface area (Å²) in [5.41, 5.74) is 0.550. The standard InChI is InChI=1S/C11H11BrN4O/c12-10-3-2-9(8-14-10)11(17)13-5-7-16-6-1-4-15-16/h1-4,6,8H,5,7H2,(H,13,17). The Bertz CT molecular complexity index is 481. The van der Waals surface area contributed by atoms with Crippen LogP contribution in [0.25, 0.3) is 0 Å². The van der Waals surface area contributed by atoms with E-state index in [9.17, 15) is 4.79 Å². The van der Waals surface area contributed by atoms with Crippen LogP contribution < -0.4 is 5.32 Å². The molecule has 0 atom stereocenters. The van der Waals surface area contributed by atoms with Crippen LogP contribution in [0.5, 0.6) is 0 Å². The highest BCUT2D eigenvalue weighted by Crippen LogP contribution is 2.05. The van der Waals surface area contributed by atoms with Crippen LogP contribution in [0.2, 0.25) is 0 Å². The van der Waals surface area contributed by atoms with E-state index in [-0.39, 0.29) is 5.91 Å². The van der Waals surface area contributed by atoms with Crippen molar-refractivity contribution in [1.29, 1.82) is 0 Å². The first-order chi connectivity index (χ1) is 8.25. The normalized spacial score (nSPS) is 10.2. The maximum atomic E-state index is 11.7. The molecule has 0 aliphatic carbocycles. The molecule has 0 bridgehead atoms. The fraction of sp³-hybridized carbons (Fsp3) is 0.182. The Labute approximate surface area is 107 Å². The summed E-state index contributed by atoms with van der Waals surface area (Å²) in [6.07, 6.45) is 5.10. The summed E-state index contributed by atoms with van der Waals surface area (Å²) in [5, 5.41) is 6.85. The zero-order valence-electron chi connectivity index (χ0n) is 9.01. The third-order valence-electron chi connectivity index (χ3n) is 2.18. The summed E-state index contributed by atoms with van der Waals surface area (Å²) in [5.74, 6) is -0.128. The van der Waals surface area contributed by atoms with Crippen LogP contribution in [0.3, 0.4) is 0 Å². The second kappa shape index (κ2) is 5.58. The molecule has 6 heteroatoms. The molecule has 0 radical (unpaired) electrons. The molecule has 0 saturated heterocycles. The lowest BCUT2D eigenvalue weighted by molar-refractivity contribution is 0.0951. The molecule has 1 amide bonds. The molecule has 17 heavy (non-hydrogen) atoms. The molecule has 0 saturated carbocycles. The van der Waals surface area contributed by atoms with E-state index in [0.29, 0.717) is 23.3 Å². The van der Waals surface area contributed by atoms with Crippen LogP contribution in [0.1, 0.15) is 10.4 Å². The maximum Gasteiger partial charge on any atom is 0.252 e. The Morgan fingerprint density at radius 1 is 1.47 bits per heavy atom. The lowest BCUT2D eigenvalue weighted by Gasteiger charge is -2.05. The van der Waals surface area contributed by atoms with Crippen LogP contribution in [0.15, 0.2) is 41.4 Å². The summed E-state index contributed by atoms with van der Waals surface area (Å²) >= 11 is 3.22. The molecule has 5 nitrogen and oxygen atoms in total. The van der Waals surface area contributed by atoms with Gasteiger partial charge < -0.3 is 5.32 Å². The first-order valence-electron chi connectivity index (χ1n) is 5.13. The highest BCUT2D eigenvalue weighted by molar-refractivity contribution is 9.10. The smallest absolute Gasteiger partial charge is 0.252 e. The minimum atomic E-state index is -0.128. The summed E-state index contributed by atoms with van der Waals surface area (Å²) in [6, 6.07) is 5.31. The summed E-state index contributed by atoms with van der Waals surface area (Å²) < 4.78 is 2.48. The first-order valence-corrected chi connectivity index (χ1v) is 5.92. The number of nitrogens with one attached hydrogen (secondary N) is 1. The van der Waals surface area contributed by atoms with Crippen LogP contribution in [-0.4, -0.2) is 27.2 Å². The Balaban J connectivity index is 1.83. The number of aromatic nitrogens is 3. The van der Waals surface area contributed by atoms with Gasteiger partial charge in [-0.25, -0.2) is 4.98 Å². The third-order valence-corrected chi connectivity index (χ3v) is 2.64. The van der Waals surface area contributed by atoms with E-state index < -0.39 is 0 Å². The van der Waals surface area contributed by atoms with Crippen LogP contribution in [0, 0.1) is 0 Å². The lowest BCUT2D eigenvalue weighted by atomic mass is 10.3. The minimum absolute atomic E-state index is 0.128. The molecule has 1 N–H and O–H groups in total. The zero-order valence-corrected chi connectivity index (χ0v) is 10.6. The number of halogens is 1. The van der Waals surface area contributed by atoms with E-state index in [0.717, 1.165) is 0 Å². The molecule has 2 aromatic heterocycles. The van der Waals surface area contributed by atoms with Crippen molar-refractivity contribution in [1.82, 2.24) is 20.1 Å². The molecule has 2 rings (SSSR count). The van der Waals surface area contributed by atoms with Crippen molar-refractivity contribution in [2.45, 2.75) is 6.54 Å². The molecular formula is C11H11BrN4O. The van der Waals surface area contributed by atoms with E-state index in [1.54, 1.807) is 23.0 Å². The van der Waals surface area contributed by atoms with E-state index in [1.165, 1.54) is 6.20 Å². The molecule has 0 spiro atoms. The number of carbonyl (C=O) groups excluding carboxylic acids is 1. The van der Waals surface area contributed by atoms with Gasteiger partial charge in [0.2, 0.25) is 0 Å². The second-order valence-electron chi connectivity index (χ2n) is 3.39. The SMILES string of the molecule is O=C(NCCn1cccn1)c1ccc(Br)nc1. The van der Waals surface area contributed by atoms with Gasteiger partial charge in [-0.1, -0.05) is 0 Å². The van der Waals surface area contributed by atoms with E-state index in [2.05, 4.69) is 31.3 Å². The Kier molecular flexibility index (Phi) is 3.87. The molecule has 0 unspecified atom stereocenters. The van der Waals surface area contributed by atoms with Crippen molar-refractivity contribution < 1.29 is 4.79 Å². The van der Waals surface area contributed by atoms with Gasteiger partial charge in [0.15, 0.2) is 0 Å². The monoisotopic (exact) mass is 294 g/mol. The fourth-order valence-electron chi connectivity index (χ4n) is 1.33. The zero-order chi connectivity index (χ0) is 12.1. The molecule has 0 aromatic carbocycles. The predicted molar refractivity (Wildman–Crippen MR) is 66.5 cm³/mol. The predicted octanol–water partition coefficient (Wildman–Crippen LogP) is 1.47. The van der Waals surface area contributed by atoms with Gasteiger partial charge in [0.1, 0.15) is 4.60 Å². The fourth-order valence-corrected chi connectivity index (χ4v) is 1.56. The number of amides is 1. The first kappa shape index (κ1) is 11.8. The summed E-state index contributed by atoms with van der Waals surface area (Å²) in [7, 11) is 0. The second-order valence-corrected chi connectivity index (χ2v) is 4.21. The average Bonchev–Trinajstić information content (AvgIpc) is 2.83. The average molecular weight is 295 g/mol. The number of hydrogen-bond acceptors (Lipinski definition) is 3. The van der Waals surface area contributed by atoms with Gasteiger partial charge in [0.25, 0.3) is 5.91 Å². The molecule has 0 aliphatic rings. The van der Waals surface area contributed by atoms with Crippen molar-refractivity contribution in [3.8, 4) is 0 Å². The van der Waals surface area contributed by atoms with Crippen molar-refractivity contribution in [3.63, 3.8) is 0 Å². The van der Waals surface area contributed by atoms with Crippen LogP contribution >= 0.6 is 15.9 Å². The molecule has 2 aromatic rings. The summed E-state index contributed by atoms with van der Waals surface area (Å²) in [4.78, 5) is 15.7. The van der Waals surface area contributed by atoms with Crippen molar-refractivity contribution in [3.05, 3.63) is 47.0 Å². The topological polar surface area (TPSA) is 59.8 Å². The Morgan fingerprint density at radius 3 is 3.00 bits per heavy atom. The number of hydrogen-bond donors (Lipinski definition) is 1. The van der Waals surface area contributed by atoms with Gasteiger partial charge in [0, 0.05) is 25.1 Å². The third kappa shape index (κ3) is 3.39. The van der Waals surface area contributed by atoms with E-state index in [4.69, 9.17) is 0 Å². The minimum Gasteiger partial charge on any atom is -0.350 e. The van der Waals surface area contributed by atoms with Gasteiger partial charge >= 0.3 is 0 Å². The number of nitrogens with zero attached hydrogens (tertiary/aromatic N) is 3. The van der Waals surface area contributed by atoms with Gasteiger partial charge in [-0.3, -0.25) is 9.48 Å². The molecule has 88 valence electrons. The molecule has 0 fully saturated rings. The highest BCUT2D eigenvalue weighted by atomic mass is 79.9. The molecule has 0 aliphatic heterocycles. The quantitative estimate of drug-likeness (QED) is 0.869. The van der Waals surface area contributed by atoms with E-state index >= 15 is 0 Å². The number of rotatable bonds is 4. The van der Waals surface area contributed by atoms with Gasteiger partial charge in [-0.15, -0.1) is 0 Å². The number of carbonyl (C=O) groups is 1. The maximum absolute atomic E-state index is 11.7. The van der Waals surface area contributed by atoms with Gasteiger partial charge in [-0.2, -0.15) is 5.10 Å². The number of pyridine rings is 1. The Hall–Kier alpha value is -1.69. The van der Waals surface area contributed by atoms with Crippen molar-refractivity contribution in [2.24, 2.45) is 0 Å². The molecular weight excluding hydrogens is 284 g/mol. The van der Waals surface area contributed by atoms with Crippen LogP contribution in [0.4, 0.5) is 0 Å².